The molecule has 3 nitrogen and oxygen atoms in total. The maximum Gasteiger partial charge on any atom is 0.251 e. The van der Waals surface area contributed by atoms with Crippen molar-refractivity contribution in [1.82, 2.24) is 5.32 Å². The minimum absolute atomic E-state index is 0.0380. The minimum atomic E-state index is -0.0380. The number of benzene rings is 1. The smallest absolute Gasteiger partial charge is 0.251 e. The zero-order chi connectivity index (χ0) is 10.8. The summed E-state index contributed by atoms with van der Waals surface area (Å²) in [5.74, 6) is -0.0380. The van der Waals surface area contributed by atoms with Crippen molar-refractivity contribution in [2.24, 2.45) is 0 Å². The summed E-state index contributed by atoms with van der Waals surface area (Å²) < 4.78 is 5.95. The third-order valence-corrected chi connectivity index (χ3v) is 3.26. The van der Waals surface area contributed by atoms with Gasteiger partial charge in [-0.15, -0.1) is 0 Å². The number of aryl methyl sites for hydroxylation is 1. The van der Waals surface area contributed by atoms with Crippen molar-refractivity contribution in [3.05, 3.63) is 33.8 Å². The Balaban J connectivity index is 2.07. The second-order valence-corrected chi connectivity index (χ2v) is 4.53. The van der Waals surface area contributed by atoms with Crippen LogP contribution in [0, 0.1) is 6.92 Å². The van der Waals surface area contributed by atoms with Gasteiger partial charge >= 0.3 is 0 Å². The highest BCUT2D eigenvalue weighted by molar-refractivity contribution is 9.10. The third kappa shape index (κ3) is 2.38. The molecule has 1 amide bonds. The van der Waals surface area contributed by atoms with Gasteiger partial charge < -0.3 is 10.1 Å². The zero-order valence-corrected chi connectivity index (χ0v) is 10.0. The van der Waals surface area contributed by atoms with Crippen molar-refractivity contribution >= 4 is 21.8 Å². The highest BCUT2D eigenvalue weighted by Gasteiger charge is 2.20. The number of hydrogen-bond donors (Lipinski definition) is 1. The van der Waals surface area contributed by atoms with Gasteiger partial charge in [0.15, 0.2) is 0 Å². The summed E-state index contributed by atoms with van der Waals surface area (Å²) in [6.07, 6.45) is 0. The highest BCUT2D eigenvalue weighted by Crippen LogP contribution is 2.17. The number of amides is 1. The predicted molar refractivity (Wildman–Crippen MR) is 61.0 cm³/mol. The van der Waals surface area contributed by atoms with Crippen molar-refractivity contribution in [2.45, 2.75) is 13.0 Å². The van der Waals surface area contributed by atoms with Crippen molar-refractivity contribution < 1.29 is 9.53 Å². The van der Waals surface area contributed by atoms with E-state index in [1.54, 1.807) is 0 Å². The van der Waals surface area contributed by atoms with Gasteiger partial charge in [-0.05, 0) is 24.6 Å². The lowest BCUT2D eigenvalue weighted by Crippen LogP contribution is -2.48. The van der Waals surface area contributed by atoms with Gasteiger partial charge in [-0.25, -0.2) is 0 Å². The molecule has 1 N–H and O–H groups in total. The fourth-order valence-electron chi connectivity index (χ4n) is 1.32. The Kier molecular flexibility index (Phi) is 3.07. The molecule has 1 aliphatic heterocycles. The molecule has 1 fully saturated rings. The highest BCUT2D eigenvalue weighted by atomic mass is 79.9. The molecule has 1 aromatic rings. The molecule has 1 aromatic carbocycles. The molecule has 0 aliphatic carbocycles. The average molecular weight is 270 g/mol. The topological polar surface area (TPSA) is 38.3 Å². The molecule has 80 valence electrons. The van der Waals surface area contributed by atoms with E-state index in [9.17, 15) is 4.79 Å². The molecule has 0 radical (unpaired) electrons. The van der Waals surface area contributed by atoms with Crippen LogP contribution in [0.1, 0.15) is 15.9 Å². The van der Waals surface area contributed by atoms with E-state index in [1.807, 2.05) is 25.1 Å². The van der Waals surface area contributed by atoms with Gasteiger partial charge in [0.1, 0.15) is 0 Å². The van der Waals surface area contributed by atoms with Crippen LogP contribution in [0.25, 0.3) is 0 Å². The quantitative estimate of drug-likeness (QED) is 0.891. The van der Waals surface area contributed by atoms with Crippen LogP contribution in [0.15, 0.2) is 22.7 Å². The van der Waals surface area contributed by atoms with Gasteiger partial charge in [0.2, 0.25) is 0 Å². The van der Waals surface area contributed by atoms with Crippen molar-refractivity contribution in [3.63, 3.8) is 0 Å². The van der Waals surface area contributed by atoms with Crippen LogP contribution in [0.5, 0.6) is 0 Å². The maximum absolute atomic E-state index is 11.7. The second-order valence-electron chi connectivity index (χ2n) is 3.67. The number of ether oxygens (including phenoxy) is 1. The number of hydrogen-bond acceptors (Lipinski definition) is 2. The normalized spacial score (nSPS) is 15.9. The number of carbonyl (C=O) groups excluding carboxylic acids is 1. The lowest BCUT2D eigenvalue weighted by molar-refractivity contribution is -0.00346. The van der Waals surface area contributed by atoms with Crippen LogP contribution in [-0.4, -0.2) is 25.2 Å². The molecular formula is C11H12BrNO2. The second kappa shape index (κ2) is 4.33. The Hall–Kier alpha value is -0.870. The molecule has 1 heterocycles. The van der Waals surface area contributed by atoms with Gasteiger partial charge in [-0.1, -0.05) is 22.0 Å². The summed E-state index contributed by atoms with van der Waals surface area (Å²) in [6.45, 7) is 3.24. The summed E-state index contributed by atoms with van der Waals surface area (Å²) in [4.78, 5) is 11.7. The third-order valence-electron chi connectivity index (χ3n) is 2.41. The van der Waals surface area contributed by atoms with E-state index in [2.05, 4.69) is 21.2 Å². The zero-order valence-electron chi connectivity index (χ0n) is 8.42. The first-order chi connectivity index (χ1) is 7.16. The first-order valence-corrected chi connectivity index (χ1v) is 5.61. The van der Waals surface area contributed by atoms with Crippen LogP contribution in [0.4, 0.5) is 0 Å². The molecule has 15 heavy (non-hydrogen) atoms. The van der Waals surface area contributed by atoms with Crippen molar-refractivity contribution in [2.75, 3.05) is 13.2 Å². The Bertz CT molecular complexity index is 388. The number of halogens is 1. The van der Waals surface area contributed by atoms with E-state index in [1.165, 1.54) is 0 Å². The van der Waals surface area contributed by atoms with Crippen molar-refractivity contribution in [1.29, 1.82) is 0 Å². The molecule has 0 saturated carbocycles. The van der Waals surface area contributed by atoms with Gasteiger partial charge in [-0.2, -0.15) is 0 Å². The monoisotopic (exact) mass is 269 g/mol. The van der Waals surface area contributed by atoms with E-state index >= 15 is 0 Å². The fourth-order valence-corrected chi connectivity index (χ4v) is 1.70. The number of nitrogens with one attached hydrogen (secondary N) is 1. The molecule has 0 unspecified atom stereocenters. The Morgan fingerprint density at radius 3 is 2.80 bits per heavy atom. The summed E-state index contributed by atoms with van der Waals surface area (Å²) >= 11 is 3.41. The van der Waals surface area contributed by atoms with Crippen LogP contribution >= 0.6 is 15.9 Å². The molecular weight excluding hydrogens is 258 g/mol. The number of rotatable bonds is 2. The van der Waals surface area contributed by atoms with Crippen LogP contribution in [-0.2, 0) is 4.74 Å². The molecule has 1 aliphatic rings. The summed E-state index contributed by atoms with van der Waals surface area (Å²) in [7, 11) is 0. The van der Waals surface area contributed by atoms with Crippen molar-refractivity contribution in [3.8, 4) is 0 Å². The number of carbonyl (C=O) groups is 1. The Labute approximate surface area is 96.9 Å². The molecule has 0 atom stereocenters. The van der Waals surface area contributed by atoms with Gasteiger partial charge in [-0.3, -0.25) is 4.79 Å². The van der Waals surface area contributed by atoms with Gasteiger partial charge in [0.05, 0.1) is 19.3 Å². The summed E-state index contributed by atoms with van der Waals surface area (Å²) in [5.41, 5.74) is 1.80. The Morgan fingerprint density at radius 1 is 1.53 bits per heavy atom. The lowest BCUT2D eigenvalue weighted by Gasteiger charge is -2.26. The van der Waals surface area contributed by atoms with Crippen LogP contribution in [0.3, 0.4) is 0 Å². The molecule has 4 heteroatoms. The Morgan fingerprint density at radius 2 is 2.27 bits per heavy atom. The average Bonchev–Trinajstić information content (AvgIpc) is 2.15. The molecule has 2 rings (SSSR count). The maximum atomic E-state index is 11.7. The summed E-state index contributed by atoms with van der Waals surface area (Å²) in [6, 6.07) is 5.77. The SMILES string of the molecule is Cc1ccc(C(=O)NC2COC2)cc1Br. The van der Waals surface area contributed by atoms with Gasteiger partial charge in [0, 0.05) is 10.0 Å². The van der Waals surface area contributed by atoms with Crippen LogP contribution < -0.4 is 5.32 Å². The lowest BCUT2D eigenvalue weighted by atomic mass is 10.1. The van der Waals surface area contributed by atoms with Crippen LogP contribution in [0.2, 0.25) is 0 Å². The summed E-state index contributed by atoms with van der Waals surface area (Å²) in [5, 5.41) is 2.89. The fraction of sp³-hybridized carbons (Fsp3) is 0.364. The molecule has 0 spiro atoms. The predicted octanol–water partition coefficient (Wildman–Crippen LogP) is 1.89. The largest absolute Gasteiger partial charge is 0.377 e. The minimum Gasteiger partial charge on any atom is -0.377 e. The first-order valence-electron chi connectivity index (χ1n) is 4.81. The van der Waals surface area contributed by atoms with E-state index in [0.717, 1.165) is 10.0 Å². The van der Waals surface area contributed by atoms with Gasteiger partial charge in [0.25, 0.3) is 5.91 Å². The van der Waals surface area contributed by atoms with E-state index in [0.29, 0.717) is 18.8 Å². The van der Waals surface area contributed by atoms with E-state index in [-0.39, 0.29) is 11.9 Å². The standard InChI is InChI=1S/C11H12BrNO2/c1-7-2-3-8(4-10(7)12)11(14)13-9-5-15-6-9/h2-4,9H,5-6H2,1H3,(H,13,14). The molecule has 0 bridgehead atoms. The first kappa shape index (κ1) is 10.6. The van der Waals surface area contributed by atoms with E-state index in [4.69, 9.17) is 4.74 Å². The molecule has 1 saturated heterocycles. The van der Waals surface area contributed by atoms with E-state index < -0.39 is 0 Å². The molecule has 0 aromatic heterocycles.